The van der Waals surface area contributed by atoms with Gasteiger partial charge in [-0.15, -0.1) is 0 Å². The topological polar surface area (TPSA) is 40.5 Å². The number of hydrogen-bond donors (Lipinski definition) is 2. The van der Waals surface area contributed by atoms with Gasteiger partial charge in [-0.1, -0.05) is 57.9 Å². The molecule has 2 N–H and O–H groups in total. The molecule has 0 amide bonds. The van der Waals surface area contributed by atoms with Crippen molar-refractivity contribution in [1.82, 2.24) is 0 Å². The maximum Gasteiger partial charge on any atom is 0.0578 e. The van der Waals surface area contributed by atoms with Gasteiger partial charge in [0.1, 0.15) is 0 Å². The van der Waals surface area contributed by atoms with Crippen molar-refractivity contribution in [2.75, 3.05) is 0 Å². The molecule has 0 radical (unpaired) electrons. The molecule has 0 spiro atoms. The lowest BCUT2D eigenvalue weighted by molar-refractivity contribution is -0.00324. The highest BCUT2D eigenvalue weighted by molar-refractivity contribution is 5.38. The van der Waals surface area contributed by atoms with Gasteiger partial charge in [0.15, 0.2) is 0 Å². The van der Waals surface area contributed by atoms with Crippen LogP contribution in [0.3, 0.4) is 0 Å². The van der Waals surface area contributed by atoms with E-state index in [0.717, 1.165) is 32.1 Å². The van der Waals surface area contributed by atoms with E-state index in [4.69, 9.17) is 0 Å². The van der Waals surface area contributed by atoms with Gasteiger partial charge in [0, 0.05) is 0 Å². The zero-order chi connectivity index (χ0) is 21.0. The molecule has 3 fully saturated rings. The van der Waals surface area contributed by atoms with Gasteiger partial charge in [-0.25, -0.2) is 0 Å². The molecule has 29 heavy (non-hydrogen) atoms. The van der Waals surface area contributed by atoms with E-state index in [1.54, 1.807) is 5.57 Å². The molecule has 2 nitrogen and oxygen atoms in total. The number of aliphatic hydroxyl groups is 2. The van der Waals surface area contributed by atoms with E-state index >= 15 is 0 Å². The summed E-state index contributed by atoms with van der Waals surface area (Å²) in [6.45, 7) is 11.9. The maximum absolute atomic E-state index is 10.9. The molecular formula is C27H44O2. The van der Waals surface area contributed by atoms with Crippen LogP contribution in [0.15, 0.2) is 23.3 Å². The largest absolute Gasteiger partial charge is 0.393 e. The normalized spacial score (nSPS) is 43.7. The maximum atomic E-state index is 10.9. The van der Waals surface area contributed by atoms with E-state index in [-0.39, 0.29) is 17.6 Å². The Labute approximate surface area is 178 Å². The second-order valence-electron chi connectivity index (χ2n) is 11.9. The van der Waals surface area contributed by atoms with E-state index in [1.165, 1.54) is 31.3 Å². The standard InChI is InChI=1S/C27H44O2/c1-17(2)6-11-25(29)18(3)22-9-10-23-21-8-7-19-16-20(28)12-14-26(19,4)24(21)13-15-27(22,23)5/h7-8,17-18,20,22-25,28-29H,6,9-16H2,1-5H3/t18-,20-,22+,23-,24+,25?,26+,27+/m0/s1. The molecule has 0 bridgehead atoms. The molecule has 8 atom stereocenters. The summed E-state index contributed by atoms with van der Waals surface area (Å²) in [5.41, 5.74) is 3.83. The monoisotopic (exact) mass is 400 g/mol. The van der Waals surface area contributed by atoms with Gasteiger partial charge < -0.3 is 10.2 Å². The first-order chi connectivity index (χ1) is 13.7. The third kappa shape index (κ3) is 3.57. The SMILES string of the molecule is CC(C)CCC(O)[C@@H](C)[C@H]1CC[C@H]2C3=CC=C4C[C@@H](O)CC[C@@]4(C)[C@@H]3CC[C@]12C. The van der Waals surface area contributed by atoms with Gasteiger partial charge in [-0.2, -0.15) is 0 Å². The lowest BCUT2D eigenvalue weighted by atomic mass is 9.50. The average molecular weight is 401 g/mol. The lowest BCUT2D eigenvalue weighted by Gasteiger charge is -2.55. The first-order valence-electron chi connectivity index (χ1n) is 12.4. The molecule has 4 aliphatic carbocycles. The first kappa shape index (κ1) is 21.6. The summed E-state index contributed by atoms with van der Waals surface area (Å²) in [6.07, 6.45) is 14.8. The fraction of sp³-hybridized carbons (Fsp3) is 0.852. The van der Waals surface area contributed by atoms with Crippen LogP contribution in [-0.2, 0) is 0 Å². The van der Waals surface area contributed by atoms with E-state index in [2.05, 4.69) is 46.8 Å². The van der Waals surface area contributed by atoms with Crippen LogP contribution in [0.25, 0.3) is 0 Å². The highest BCUT2D eigenvalue weighted by Crippen LogP contribution is 2.66. The molecule has 0 aliphatic heterocycles. The van der Waals surface area contributed by atoms with Crippen molar-refractivity contribution < 1.29 is 10.2 Å². The molecule has 0 aromatic rings. The molecule has 0 aromatic heterocycles. The minimum Gasteiger partial charge on any atom is -0.393 e. The van der Waals surface area contributed by atoms with Crippen LogP contribution >= 0.6 is 0 Å². The molecular weight excluding hydrogens is 356 g/mol. The zero-order valence-electron chi connectivity index (χ0n) is 19.5. The fourth-order valence-electron chi connectivity index (χ4n) is 7.92. The highest BCUT2D eigenvalue weighted by atomic mass is 16.3. The minimum absolute atomic E-state index is 0.137. The molecule has 164 valence electrons. The van der Waals surface area contributed by atoms with Crippen LogP contribution in [0.2, 0.25) is 0 Å². The van der Waals surface area contributed by atoms with Crippen molar-refractivity contribution in [3.8, 4) is 0 Å². The average Bonchev–Trinajstić information content (AvgIpc) is 3.03. The Morgan fingerprint density at radius 2 is 1.72 bits per heavy atom. The van der Waals surface area contributed by atoms with Crippen molar-refractivity contribution in [3.05, 3.63) is 23.3 Å². The van der Waals surface area contributed by atoms with Crippen LogP contribution < -0.4 is 0 Å². The number of allylic oxidation sites excluding steroid dienone is 3. The predicted molar refractivity (Wildman–Crippen MR) is 120 cm³/mol. The number of rotatable bonds is 5. The van der Waals surface area contributed by atoms with Crippen molar-refractivity contribution in [2.45, 2.75) is 105 Å². The molecule has 4 aliphatic rings. The highest BCUT2D eigenvalue weighted by Gasteiger charge is 2.57. The number of hydrogen-bond acceptors (Lipinski definition) is 2. The fourth-order valence-corrected chi connectivity index (χ4v) is 7.92. The summed E-state index contributed by atoms with van der Waals surface area (Å²) < 4.78 is 0. The van der Waals surface area contributed by atoms with Crippen LogP contribution in [-0.4, -0.2) is 22.4 Å². The van der Waals surface area contributed by atoms with Gasteiger partial charge in [0.05, 0.1) is 12.2 Å². The Morgan fingerprint density at radius 1 is 0.966 bits per heavy atom. The smallest absolute Gasteiger partial charge is 0.0578 e. The molecule has 4 rings (SSSR count). The Balaban J connectivity index is 1.55. The van der Waals surface area contributed by atoms with Gasteiger partial charge in [0.25, 0.3) is 0 Å². The third-order valence-corrected chi connectivity index (χ3v) is 9.90. The van der Waals surface area contributed by atoms with Crippen LogP contribution in [0.1, 0.15) is 92.4 Å². The summed E-state index contributed by atoms with van der Waals surface area (Å²) in [7, 11) is 0. The molecule has 3 saturated carbocycles. The quantitative estimate of drug-likeness (QED) is 0.570. The first-order valence-corrected chi connectivity index (χ1v) is 12.4. The Morgan fingerprint density at radius 3 is 2.45 bits per heavy atom. The second-order valence-corrected chi connectivity index (χ2v) is 11.9. The number of fused-ring (bicyclic) bond motifs is 5. The summed E-state index contributed by atoms with van der Waals surface area (Å²) in [5, 5.41) is 21.1. The van der Waals surface area contributed by atoms with E-state index in [1.807, 2.05) is 0 Å². The van der Waals surface area contributed by atoms with Crippen molar-refractivity contribution >= 4 is 0 Å². The van der Waals surface area contributed by atoms with Gasteiger partial charge in [-0.3, -0.25) is 0 Å². The van der Waals surface area contributed by atoms with Crippen LogP contribution in [0.4, 0.5) is 0 Å². The molecule has 0 heterocycles. The Kier molecular flexibility index (Phi) is 5.84. The molecule has 0 saturated heterocycles. The van der Waals surface area contributed by atoms with Crippen LogP contribution in [0, 0.1) is 40.4 Å². The molecule has 2 heteroatoms. The van der Waals surface area contributed by atoms with Gasteiger partial charge in [0.2, 0.25) is 0 Å². The number of aliphatic hydroxyl groups excluding tert-OH is 2. The predicted octanol–water partition coefficient (Wildman–Crippen LogP) is 6.28. The summed E-state index contributed by atoms with van der Waals surface area (Å²) >= 11 is 0. The van der Waals surface area contributed by atoms with E-state index < -0.39 is 0 Å². The molecule has 0 aromatic carbocycles. The van der Waals surface area contributed by atoms with Crippen molar-refractivity contribution in [3.63, 3.8) is 0 Å². The van der Waals surface area contributed by atoms with Crippen molar-refractivity contribution in [2.24, 2.45) is 40.4 Å². The lowest BCUT2D eigenvalue weighted by Crippen LogP contribution is -2.47. The van der Waals surface area contributed by atoms with E-state index in [0.29, 0.717) is 35.0 Å². The zero-order valence-corrected chi connectivity index (χ0v) is 19.5. The summed E-state index contributed by atoms with van der Waals surface area (Å²) in [6, 6.07) is 0. The van der Waals surface area contributed by atoms with Crippen LogP contribution in [0.5, 0.6) is 0 Å². The van der Waals surface area contributed by atoms with Gasteiger partial charge in [-0.05, 0) is 98.2 Å². The summed E-state index contributed by atoms with van der Waals surface area (Å²) in [5.74, 6) is 3.07. The van der Waals surface area contributed by atoms with Crippen molar-refractivity contribution in [1.29, 1.82) is 0 Å². The minimum atomic E-state index is -0.153. The molecule has 1 unspecified atom stereocenters. The Hall–Kier alpha value is -0.600. The summed E-state index contributed by atoms with van der Waals surface area (Å²) in [4.78, 5) is 0. The third-order valence-electron chi connectivity index (χ3n) is 9.90. The Bertz CT molecular complexity index is 676. The van der Waals surface area contributed by atoms with E-state index in [9.17, 15) is 10.2 Å². The van der Waals surface area contributed by atoms with Gasteiger partial charge >= 0.3 is 0 Å². The second kappa shape index (κ2) is 7.83.